The van der Waals surface area contributed by atoms with Crippen LogP contribution in [0.3, 0.4) is 0 Å². The van der Waals surface area contributed by atoms with Crippen molar-refractivity contribution in [3.63, 3.8) is 0 Å². The molecule has 0 radical (unpaired) electrons. The Hall–Kier alpha value is -3.85. The smallest absolute Gasteiger partial charge is 0.264 e. The van der Waals surface area contributed by atoms with Crippen LogP contribution in [0.1, 0.15) is 50.8 Å². The first-order valence-electron chi connectivity index (χ1n) is 13.7. The van der Waals surface area contributed by atoms with Crippen molar-refractivity contribution >= 4 is 27.5 Å². The van der Waals surface area contributed by atoms with Gasteiger partial charge in [0.25, 0.3) is 10.0 Å². The summed E-state index contributed by atoms with van der Waals surface area (Å²) in [7, 11) is -2.61. The van der Waals surface area contributed by atoms with Gasteiger partial charge in [-0.3, -0.25) is 13.9 Å². The van der Waals surface area contributed by atoms with Gasteiger partial charge < -0.3 is 15.0 Å². The highest BCUT2D eigenvalue weighted by atomic mass is 32.2. The van der Waals surface area contributed by atoms with E-state index in [1.54, 1.807) is 36.4 Å². The summed E-state index contributed by atoms with van der Waals surface area (Å²) in [6.07, 6.45) is 0.354. The fraction of sp³-hybridized carbons (Fsp3) is 0.375. The molecule has 0 bridgehead atoms. The number of amides is 2. The van der Waals surface area contributed by atoms with E-state index in [1.807, 2.05) is 65.8 Å². The van der Waals surface area contributed by atoms with Crippen LogP contribution in [-0.2, 0) is 26.2 Å². The molecule has 0 fully saturated rings. The van der Waals surface area contributed by atoms with Crippen LogP contribution in [0.2, 0.25) is 0 Å². The van der Waals surface area contributed by atoms with Crippen molar-refractivity contribution in [1.29, 1.82) is 0 Å². The Balaban J connectivity index is 2.07. The summed E-state index contributed by atoms with van der Waals surface area (Å²) in [6.45, 7) is 11.0. The number of ether oxygens (including phenoxy) is 1. The topological polar surface area (TPSA) is 96.0 Å². The maximum atomic E-state index is 14.1. The summed E-state index contributed by atoms with van der Waals surface area (Å²) in [5.74, 6) is -0.232. The molecule has 9 heteroatoms. The number of benzene rings is 3. The van der Waals surface area contributed by atoms with Crippen LogP contribution in [0.5, 0.6) is 5.75 Å². The number of sulfonamides is 1. The zero-order valence-corrected chi connectivity index (χ0v) is 25.8. The van der Waals surface area contributed by atoms with E-state index < -0.39 is 34.1 Å². The van der Waals surface area contributed by atoms with Crippen molar-refractivity contribution in [1.82, 2.24) is 10.2 Å². The molecule has 220 valence electrons. The van der Waals surface area contributed by atoms with E-state index in [2.05, 4.69) is 5.32 Å². The minimum Gasteiger partial charge on any atom is -0.497 e. The summed E-state index contributed by atoms with van der Waals surface area (Å²) < 4.78 is 34.3. The summed E-state index contributed by atoms with van der Waals surface area (Å²) >= 11 is 0. The summed E-state index contributed by atoms with van der Waals surface area (Å²) in [5, 5.41) is 2.98. The van der Waals surface area contributed by atoms with Gasteiger partial charge in [-0.1, -0.05) is 54.4 Å². The highest BCUT2D eigenvalue weighted by molar-refractivity contribution is 7.92. The molecular weight excluding hydrogens is 538 g/mol. The first-order valence-corrected chi connectivity index (χ1v) is 15.1. The van der Waals surface area contributed by atoms with E-state index in [1.165, 1.54) is 24.1 Å². The minimum atomic E-state index is -4.13. The fourth-order valence-corrected chi connectivity index (χ4v) is 5.79. The Morgan fingerprint density at radius 1 is 0.878 bits per heavy atom. The number of aryl methyl sites for hydroxylation is 2. The van der Waals surface area contributed by atoms with E-state index >= 15 is 0 Å². The number of carbonyl (C=O) groups is 2. The number of hydrogen-bond acceptors (Lipinski definition) is 5. The predicted octanol–water partition coefficient (Wildman–Crippen LogP) is 5.23. The van der Waals surface area contributed by atoms with Crippen LogP contribution in [0.15, 0.2) is 77.7 Å². The molecule has 8 nitrogen and oxygen atoms in total. The maximum absolute atomic E-state index is 14.1. The van der Waals surface area contributed by atoms with Gasteiger partial charge in [0, 0.05) is 12.1 Å². The second-order valence-electron chi connectivity index (χ2n) is 11.2. The molecule has 2 amide bonds. The highest BCUT2D eigenvalue weighted by Gasteiger charge is 2.34. The Morgan fingerprint density at radius 3 is 1.90 bits per heavy atom. The molecule has 0 saturated heterocycles. The van der Waals surface area contributed by atoms with Crippen LogP contribution in [0, 0.1) is 13.8 Å². The number of nitrogens with zero attached hydrogens (tertiary/aromatic N) is 2. The van der Waals surface area contributed by atoms with Gasteiger partial charge in [0.05, 0.1) is 17.7 Å². The summed E-state index contributed by atoms with van der Waals surface area (Å²) in [5.41, 5.74) is 2.62. The SMILES string of the molecule is CCC(C(=O)NC(C)(C)C)N(Cc1ccc(C)cc1)C(=O)CN(c1ccc(OC)cc1)S(=O)(=O)c1ccc(C)cc1. The van der Waals surface area contributed by atoms with Crippen molar-refractivity contribution in [2.45, 2.75) is 71.0 Å². The molecule has 0 aliphatic rings. The zero-order chi connectivity index (χ0) is 30.4. The minimum absolute atomic E-state index is 0.0642. The third-order valence-electron chi connectivity index (χ3n) is 6.61. The van der Waals surface area contributed by atoms with Gasteiger partial charge in [-0.05, 0) is 83.0 Å². The monoisotopic (exact) mass is 579 g/mol. The first-order chi connectivity index (χ1) is 19.2. The molecule has 1 atom stereocenters. The highest BCUT2D eigenvalue weighted by Crippen LogP contribution is 2.27. The molecular formula is C32H41N3O5S. The van der Waals surface area contributed by atoms with E-state index in [0.717, 1.165) is 21.0 Å². The number of anilines is 1. The average molecular weight is 580 g/mol. The quantitative estimate of drug-likeness (QED) is 0.336. The van der Waals surface area contributed by atoms with Gasteiger partial charge in [-0.25, -0.2) is 8.42 Å². The maximum Gasteiger partial charge on any atom is 0.264 e. The van der Waals surface area contributed by atoms with Crippen LogP contribution in [0.25, 0.3) is 0 Å². The molecule has 0 aliphatic heterocycles. The van der Waals surface area contributed by atoms with E-state index in [9.17, 15) is 18.0 Å². The molecule has 3 aromatic carbocycles. The second-order valence-corrected chi connectivity index (χ2v) is 13.1. The number of nitrogens with one attached hydrogen (secondary N) is 1. The lowest BCUT2D eigenvalue weighted by Crippen LogP contribution is -2.55. The molecule has 0 aliphatic carbocycles. The first kappa shape index (κ1) is 31.7. The standard InChI is InChI=1S/C32H41N3O5S/c1-8-29(31(37)33-32(4,5)6)34(21-25-13-9-23(2)10-14-25)30(36)22-35(26-15-17-27(40-7)18-16-26)41(38,39)28-19-11-24(3)12-20-28/h9-20,29H,8,21-22H2,1-7H3,(H,33,37). The molecule has 1 N–H and O–H groups in total. The van der Waals surface area contributed by atoms with E-state index in [4.69, 9.17) is 4.74 Å². The van der Waals surface area contributed by atoms with Gasteiger partial charge in [0.1, 0.15) is 18.3 Å². The number of carbonyl (C=O) groups excluding carboxylic acids is 2. The van der Waals surface area contributed by atoms with Crippen molar-refractivity contribution in [3.8, 4) is 5.75 Å². The summed E-state index contributed by atoms with van der Waals surface area (Å²) in [6, 6.07) is 19.9. The molecule has 0 heterocycles. The van der Waals surface area contributed by atoms with Gasteiger partial charge >= 0.3 is 0 Å². The summed E-state index contributed by atoms with van der Waals surface area (Å²) in [4.78, 5) is 29.1. The van der Waals surface area contributed by atoms with Crippen LogP contribution in [0.4, 0.5) is 5.69 Å². The van der Waals surface area contributed by atoms with E-state index in [0.29, 0.717) is 17.9 Å². The van der Waals surface area contributed by atoms with Crippen LogP contribution in [-0.4, -0.2) is 50.4 Å². The lowest BCUT2D eigenvalue weighted by molar-refractivity contribution is -0.141. The normalized spacial score (nSPS) is 12.4. The fourth-order valence-electron chi connectivity index (χ4n) is 4.38. The Kier molecular flexibility index (Phi) is 10.2. The molecule has 1 unspecified atom stereocenters. The Morgan fingerprint density at radius 2 is 1.41 bits per heavy atom. The van der Waals surface area contributed by atoms with E-state index in [-0.39, 0.29) is 17.3 Å². The Bertz CT molecular complexity index is 1430. The van der Waals surface area contributed by atoms with Crippen LogP contribution >= 0.6 is 0 Å². The van der Waals surface area contributed by atoms with Gasteiger partial charge in [-0.2, -0.15) is 0 Å². The second kappa shape index (κ2) is 13.2. The molecule has 0 aromatic heterocycles. The number of rotatable bonds is 11. The third-order valence-corrected chi connectivity index (χ3v) is 8.39. The third kappa shape index (κ3) is 8.33. The molecule has 0 saturated carbocycles. The number of hydrogen-bond donors (Lipinski definition) is 1. The Labute approximate surface area is 244 Å². The van der Waals surface area contributed by atoms with Crippen LogP contribution < -0.4 is 14.4 Å². The average Bonchev–Trinajstić information content (AvgIpc) is 2.92. The van der Waals surface area contributed by atoms with Gasteiger partial charge in [-0.15, -0.1) is 0 Å². The lowest BCUT2D eigenvalue weighted by Gasteiger charge is -2.34. The van der Waals surface area contributed by atoms with Gasteiger partial charge in [0.2, 0.25) is 11.8 Å². The predicted molar refractivity (Wildman–Crippen MR) is 162 cm³/mol. The van der Waals surface area contributed by atoms with Crippen molar-refractivity contribution < 1.29 is 22.7 Å². The molecule has 41 heavy (non-hydrogen) atoms. The molecule has 0 spiro atoms. The van der Waals surface area contributed by atoms with Crippen molar-refractivity contribution in [3.05, 3.63) is 89.5 Å². The molecule has 3 rings (SSSR count). The van der Waals surface area contributed by atoms with Crippen molar-refractivity contribution in [2.24, 2.45) is 0 Å². The molecule has 3 aromatic rings. The zero-order valence-electron chi connectivity index (χ0n) is 25.0. The largest absolute Gasteiger partial charge is 0.497 e. The van der Waals surface area contributed by atoms with Crippen molar-refractivity contribution in [2.75, 3.05) is 18.0 Å². The lowest BCUT2D eigenvalue weighted by atomic mass is 10.1. The number of methoxy groups -OCH3 is 1. The van der Waals surface area contributed by atoms with Gasteiger partial charge in [0.15, 0.2) is 0 Å².